The first-order valence-corrected chi connectivity index (χ1v) is 8.97. The molecule has 1 fully saturated rings. The van der Waals surface area contributed by atoms with Gasteiger partial charge >= 0.3 is 0 Å². The van der Waals surface area contributed by atoms with E-state index >= 15 is 0 Å². The van der Waals surface area contributed by atoms with E-state index in [0.717, 1.165) is 12.8 Å². The molecule has 6 heteroatoms. The van der Waals surface area contributed by atoms with E-state index in [4.69, 9.17) is 11.6 Å². The second kappa shape index (κ2) is 6.74. The molecule has 19 heavy (non-hydrogen) atoms. The summed E-state index contributed by atoms with van der Waals surface area (Å²) >= 11 is 5.79. The van der Waals surface area contributed by atoms with Gasteiger partial charge in [-0.05, 0) is 30.6 Å². The number of rotatable bonds is 5. The lowest BCUT2D eigenvalue weighted by atomic mass is 9.86. The van der Waals surface area contributed by atoms with Crippen LogP contribution in [0, 0.1) is 11.3 Å². The Morgan fingerprint density at radius 1 is 1.32 bits per heavy atom. The first-order chi connectivity index (χ1) is 8.66. The van der Waals surface area contributed by atoms with Gasteiger partial charge in [-0.2, -0.15) is 17.4 Å². The maximum atomic E-state index is 12.4. The summed E-state index contributed by atoms with van der Waals surface area (Å²) in [5.41, 5.74) is -0.134. The van der Waals surface area contributed by atoms with Crippen molar-refractivity contribution in [2.75, 3.05) is 19.0 Å². The highest BCUT2D eigenvalue weighted by atomic mass is 35.5. The second-order valence-corrected chi connectivity index (χ2v) is 8.68. The summed E-state index contributed by atoms with van der Waals surface area (Å²) in [6.45, 7) is 9.51. The Morgan fingerprint density at radius 3 is 2.26 bits per heavy atom. The monoisotopic (exact) mass is 310 g/mol. The molecule has 0 aromatic heterocycles. The third-order valence-corrected chi connectivity index (χ3v) is 5.66. The molecule has 1 aliphatic heterocycles. The Balaban J connectivity index is 2.71. The molecule has 4 nitrogen and oxygen atoms in total. The molecule has 0 radical (unpaired) electrons. The fourth-order valence-electron chi connectivity index (χ4n) is 2.26. The molecule has 1 atom stereocenters. The van der Waals surface area contributed by atoms with E-state index in [1.807, 2.05) is 20.8 Å². The van der Waals surface area contributed by atoms with E-state index in [1.165, 1.54) is 0 Å². The number of hydrogen-bond acceptors (Lipinski definition) is 2. The molecule has 0 saturated carbocycles. The molecule has 1 heterocycles. The Kier molecular flexibility index (Phi) is 6.11. The summed E-state index contributed by atoms with van der Waals surface area (Å²) in [5, 5.41) is 0. The van der Waals surface area contributed by atoms with E-state index in [-0.39, 0.29) is 11.5 Å². The van der Waals surface area contributed by atoms with Crippen LogP contribution in [0.15, 0.2) is 0 Å². The van der Waals surface area contributed by atoms with Crippen molar-refractivity contribution in [2.24, 2.45) is 11.3 Å². The van der Waals surface area contributed by atoms with Crippen LogP contribution in [0.4, 0.5) is 0 Å². The molecule has 114 valence electrons. The highest BCUT2D eigenvalue weighted by Gasteiger charge is 2.32. The fraction of sp³-hybridized carbons (Fsp3) is 1.00. The maximum absolute atomic E-state index is 12.4. The molecule has 0 aromatic carbocycles. The quantitative estimate of drug-likeness (QED) is 0.794. The zero-order valence-electron chi connectivity index (χ0n) is 12.4. The molecule has 0 amide bonds. The molecule has 1 rings (SSSR count). The summed E-state index contributed by atoms with van der Waals surface area (Å²) in [4.78, 5) is 0. The minimum absolute atomic E-state index is 0.130. The van der Waals surface area contributed by atoms with Crippen LogP contribution in [0.2, 0.25) is 0 Å². The summed E-state index contributed by atoms with van der Waals surface area (Å²) in [5.74, 6) is 1.08. The molecule has 1 saturated heterocycles. The predicted octanol–water partition coefficient (Wildman–Crippen LogP) is 2.60. The van der Waals surface area contributed by atoms with Gasteiger partial charge in [-0.3, -0.25) is 0 Å². The first-order valence-electron chi connectivity index (χ1n) is 7.00. The number of nitrogens with one attached hydrogen (secondary N) is 1. The Bertz CT molecular complexity index is 371. The smallest absolute Gasteiger partial charge is 0.198 e. The molecule has 1 aliphatic rings. The van der Waals surface area contributed by atoms with Gasteiger partial charge in [0, 0.05) is 25.0 Å². The standard InChI is InChI=1S/C13H27ClN2O2S/c1-11-6-9-16(10-7-11)19(17,18)15-12(5-8-14)13(2,3)4/h11-12,15H,5-10H2,1-4H3. The molecule has 1 unspecified atom stereocenters. The maximum Gasteiger partial charge on any atom is 0.279 e. The van der Waals surface area contributed by atoms with Gasteiger partial charge in [0.2, 0.25) is 0 Å². The third kappa shape index (κ3) is 5.21. The van der Waals surface area contributed by atoms with Gasteiger partial charge in [-0.25, -0.2) is 0 Å². The van der Waals surface area contributed by atoms with Gasteiger partial charge < -0.3 is 0 Å². The Hall–Kier alpha value is 0.160. The third-order valence-electron chi connectivity index (χ3n) is 3.82. The number of alkyl halides is 1. The fourth-order valence-corrected chi connectivity index (χ4v) is 4.15. The highest BCUT2D eigenvalue weighted by Crippen LogP contribution is 2.25. The molecule has 0 aromatic rings. The SMILES string of the molecule is CC1CCN(S(=O)(=O)NC(CCCl)C(C)(C)C)CC1. The van der Waals surface area contributed by atoms with E-state index in [0.29, 0.717) is 31.3 Å². The van der Waals surface area contributed by atoms with E-state index in [1.54, 1.807) is 4.31 Å². The van der Waals surface area contributed by atoms with Gasteiger partial charge in [-0.15, -0.1) is 11.6 Å². The molecule has 0 aliphatic carbocycles. The highest BCUT2D eigenvalue weighted by molar-refractivity contribution is 7.87. The van der Waals surface area contributed by atoms with Gasteiger partial charge in [0.05, 0.1) is 0 Å². The molecule has 0 spiro atoms. The number of nitrogens with zero attached hydrogens (tertiary/aromatic N) is 1. The lowest BCUT2D eigenvalue weighted by Crippen LogP contribution is -2.51. The van der Waals surface area contributed by atoms with Crippen molar-refractivity contribution in [1.29, 1.82) is 0 Å². The van der Waals surface area contributed by atoms with Crippen LogP contribution in [-0.4, -0.2) is 37.7 Å². The van der Waals surface area contributed by atoms with Crippen molar-refractivity contribution < 1.29 is 8.42 Å². The summed E-state index contributed by atoms with van der Waals surface area (Å²) < 4.78 is 29.2. The number of hydrogen-bond donors (Lipinski definition) is 1. The van der Waals surface area contributed by atoms with Gasteiger partial charge in [0.1, 0.15) is 0 Å². The zero-order chi connectivity index (χ0) is 14.7. The lowest BCUT2D eigenvalue weighted by molar-refractivity contribution is 0.261. The average molecular weight is 311 g/mol. The zero-order valence-corrected chi connectivity index (χ0v) is 14.0. The first kappa shape index (κ1) is 17.2. The van der Waals surface area contributed by atoms with Crippen LogP contribution >= 0.6 is 11.6 Å². The molecular formula is C13H27ClN2O2S. The van der Waals surface area contributed by atoms with Gasteiger partial charge in [-0.1, -0.05) is 27.7 Å². The molecule has 0 bridgehead atoms. The van der Waals surface area contributed by atoms with Crippen LogP contribution in [-0.2, 0) is 10.2 Å². The number of halogens is 1. The largest absolute Gasteiger partial charge is 0.279 e. The summed E-state index contributed by atoms with van der Waals surface area (Å²) in [6, 6.07) is -0.130. The molecule has 1 N–H and O–H groups in total. The lowest BCUT2D eigenvalue weighted by Gasteiger charge is -2.35. The minimum atomic E-state index is -3.39. The van der Waals surface area contributed by atoms with Crippen LogP contribution in [0.5, 0.6) is 0 Å². The van der Waals surface area contributed by atoms with Crippen LogP contribution in [0.3, 0.4) is 0 Å². The van der Waals surface area contributed by atoms with Crippen molar-refractivity contribution in [3.63, 3.8) is 0 Å². The van der Waals surface area contributed by atoms with Crippen LogP contribution in [0.1, 0.15) is 47.0 Å². The number of piperidine rings is 1. The van der Waals surface area contributed by atoms with Crippen molar-refractivity contribution in [1.82, 2.24) is 9.03 Å². The van der Waals surface area contributed by atoms with Crippen LogP contribution < -0.4 is 4.72 Å². The van der Waals surface area contributed by atoms with Gasteiger partial charge in [0.25, 0.3) is 10.2 Å². The van der Waals surface area contributed by atoms with Gasteiger partial charge in [0.15, 0.2) is 0 Å². The summed E-state index contributed by atoms with van der Waals surface area (Å²) in [7, 11) is -3.39. The average Bonchev–Trinajstić information content (AvgIpc) is 2.27. The normalized spacial score (nSPS) is 21.5. The van der Waals surface area contributed by atoms with E-state index in [2.05, 4.69) is 11.6 Å². The second-order valence-electron chi connectivity index (χ2n) is 6.60. The minimum Gasteiger partial charge on any atom is -0.198 e. The summed E-state index contributed by atoms with van der Waals surface area (Å²) in [6.07, 6.45) is 2.53. The Morgan fingerprint density at radius 2 is 1.84 bits per heavy atom. The van der Waals surface area contributed by atoms with E-state index < -0.39 is 10.2 Å². The molecular weight excluding hydrogens is 284 g/mol. The van der Waals surface area contributed by atoms with Crippen LogP contribution in [0.25, 0.3) is 0 Å². The predicted molar refractivity (Wildman–Crippen MR) is 80.6 cm³/mol. The van der Waals surface area contributed by atoms with Crippen molar-refractivity contribution in [3.8, 4) is 0 Å². The van der Waals surface area contributed by atoms with E-state index in [9.17, 15) is 8.42 Å². The van der Waals surface area contributed by atoms with Crippen molar-refractivity contribution >= 4 is 21.8 Å². The van der Waals surface area contributed by atoms with Crippen molar-refractivity contribution in [3.05, 3.63) is 0 Å². The topological polar surface area (TPSA) is 49.4 Å². The Labute approximate surface area is 123 Å². The van der Waals surface area contributed by atoms with Crippen molar-refractivity contribution in [2.45, 2.75) is 53.0 Å².